The summed E-state index contributed by atoms with van der Waals surface area (Å²) in [6, 6.07) is 14.8. The van der Waals surface area contributed by atoms with Gasteiger partial charge in [0.2, 0.25) is 21.8 Å². The molecule has 9 nitrogen and oxygen atoms in total. The molecule has 5 N–H and O–H groups in total. The predicted octanol–water partition coefficient (Wildman–Crippen LogP) is 2.49. The van der Waals surface area contributed by atoms with Crippen LogP contribution in [-0.4, -0.2) is 61.0 Å². The third-order valence-corrected chi connectivity index (χ3v) is 8.89. The van der Waals surface area contributed by atoms with E-state index < -0.39 is 21.6 Å². The van der Waals surface area contributed by atoms with Gasteiger partial charge in [0.05, 0.1) is 11.8 Å². The molecule has 0 radical (unpaired) electrons. The number of aromatic nitrogens is 1. The number of fused-ring (bicyclic) bond motifs is 3. The first-order valence-corrected chi connectivity index (χ1v) is 15.3. The van der Waals surface area contributed by atoms with Crippen LogP contribution in [0.15, 0.2) is 54.7 Å². The van der Waals surface area contributed by atoms with Gasteiger partial charge in [-0.1, -0.05) is 42.5 Å². The monoisotopic (exact) mass is 551 g/mol. The number of rotatable bonds is 7. The highest BCUT2D eigenvalue weighted by molar-refractivity contribution is 7.88. The number of amides is 2. The molecule has 208 valence electrons. The number of H-pyrrole nitrogens is 1. The number of nitrogens with one attached hydrogen (secondary N) is 3. The van der Waals surface area contributed by atoms with Crippen LogP contribution in [0, 0.1) is 0 Å². The van der Waals surface area contributed by atoms with Crippen molar-refractivity contribution in [1.82, 2.24) is 19.9 Å². The number of hydrogen-bond acceptors (Lipinski definition) is 5. The smallest absolute Gasteiger partial charge is 0.245 e. The van der Waals surface area contributed by atoms with Crippen molar-refractivity contribution in [2.45, 2.75) is 62.6 Å². The summed E-state index contributed by atoms with van der Waals surface area (Å²) in [7, 11) is -3.37. The van der Waals surface area contributed by atoms with E-state index >= 15 is 0 Å². The number of likely N-dealkylation sites (tertiary alicyclic amines) is 1. The zero-order valence-electron chi connectivity index (χ0n) is 22.7. The molecule has 2 heterocycles. The number of carbonyl (C=O) groups is 2. The number of piperidine rings is 1. The molecule has 3 aromatic rings. The van der Waals surface area contributed by atoms with Gasteiger partial charge in [0, 0.05) is 48.1 Å². The predicted molar refractivity (Wildman–Crippen MR) is 151 cm³/mol. The van der Waals surface area contributed by atoms with Crippen molar-refractivity contribution in [2.75, 3.05) is 19.3 Å². The van der Waals surface area contributed by atoms with Gasteiger partial charge in [0.1, 0.15) is 6.04 Å². The van der Waals surface area contributed by atoms with Gasteiger partial charge >= 0.3 is 0 Å². The Morgan fingerprint density at radius 2 is 1.79 bits per heavy atom. The summed E-state index contributed by atoms with van der Waals surface area (Å²) < 4.78 is 26.9. The third kappa shape index (κ3) is 5.59. The Morgan fingerprint density at radius 1 is 1.13 bits per heavy atom. The highest BCUT2D eigenvalue weighted by Crippen LogP contribution is 2.51. The minimum absolute atomic E-state index is 0.134. The Balaban J connectivity index is 1.36. The minimum atomic E-state index is -3.37. The van der Waals surface area contributed by atoms with Crippen molar-refractivity contribution >= 4 is 32.7 Å². The Morgan fingerprint density at radius 3 is 2.49 bits per heavy atom. The van der Waals surface area contributed by atoms with Crippen LogP contribution in [0.5, 0.6) is 0 Å². The molecule has 2 amide bonds. The van der Waals surface area contributed by atoms with Gasteiger partial charge in [0.15, 0.2) is 0 Å². The summed E-state index contributed by atoms with van der Waals surface area (Å²) in [6.45, 7) is 4.29. The number of carbonyl (C=O) groups excluding carboxylic acids is 2. The van der Waals surface area contributed by atoms with Gasteiger partial charge in [-0.2, -0.15) is 0 Å². The topological polar surface area (TPSA) is 137 Å². The van der Waals surface area contributed by atoms with Gasteiger partial charge in [-0.15, -0.1) is 0 Å². The van der Waals surface area contributed by atoms with Gasteiger partial charge in [-0.05, 0) is 55.9 Å². The van der Waals surface area contributed by atoms with Gasteiger partial charge in [-0.25, -0.2) is 13.1 Å². The van der Waals surface area contributed by atoms with E-state index in [1.165, 1.54) is 6.26 Å². The first-order valence-electron chi connectivity index (χ1n) is 13.4. The molecule has 1 unspecified atom stereocenters. The lowest BCUT2D eigenvalue weighted by molar-refractivity contribution is -0.138. The molecule has 1 spiro atoms. The van der Waals surface area contributed by atoms with Gasteiger partial charge < -0.3 is 20.9 Å². The molecule has 0 saturated carbocycles. The maximum Gasteiger partial charge on any atom is 0.245 e. The molecule has 1 aliphatic carbocycles. The average Bonchev–Trinajstić information content (AvgIpc) is 3.41. The van der Waals surface area contributed by atoms with Crippen molar-refractivity contribution in [3.05, 3.63) is 71.4 Å². The fourth-order valence-corrected chi connectivity index (χ4v) is 6.90. The number of aromatic amines is 1. The second-order valence-electron chi connectivity index (χ2n) is 11.7. The molecule has 1 saturated heterocycles. The third-order valence-electron chi connectivity index (χ3n) is 8.18. The van der Waals surface area contributed by atoms with Crippen LogP contribution in [0.25, 0.3) is 10.9 Å². The zero-order valence-corrected chi connectivity index (χ0v) is 23.5. The highest BCUT2D eigenvalue weighted by atomic mass is 32.2. The van der Waals surface area contributed by atoms with Crippen LogP contribution in [0.3, 0.4) is 0 Å². The second-order valence-corrected chi connectivity index (χ2v) is 13.4. The molecule has 5 rings (SSSR count). The fourth-order valence-electron chi connectivity index (χ4n) is 6.17. The number of nitrogens with two attached hydrogens (primary N) is 1. The number of hydrogen-bond donors (Lipinski definition) is 4. The molecule has 1 aliphatic heterocycles. The number of benzene rings is 2. The largest absolute Gasteiger partial charge is 0.361 e. The highest BCUT2D eigenvalue weighted by Gasteiger charge is 2.47. The van der Waals surface area contributed by atoms with Crippen LogP contribution < -0.4 is 15.8 Å². The maximum absolute atomic E-state index is 13.9. The van der Waals surface area contributed by atoms with Crippen molar-refractivity contribution in [2.24, 2.45) is 5.73 Å². The minimum Gasteiger partial charge on any atom is -0.361 e. The Hall–Kier alpha value is -3.21. The first-order chi connectivity index (χ1) is 18.4. The number of para-hydroxylation sites is 1. The van der Waals surface area contributed by atoms with Crippen molar-refractivity contribution in [1.29, 1.82) is 0 Å². The van der Waals surface area contributed by atoms with Crippen molar-refractivity contribution < 1.29 is 18.0 Å². The Bertz CT molecular complexity index is 1500. The van der Waals surface area contributed by atoms with E-state index in [-0.39, 0.29) is 23.3 Å². The lowest BCUT2D eigenvalue weighted by Crippen LogP contribution is -2.58. The van der Waals surface area contributed by atoms with Gasteiger partial charge in [-0.3, -0.25) is 9.59 Å². The normalized spacial score (nSPS) is 19.7. The standard InChI is InChI=1S/C29H37N5O4S/c1-28(2,30)27(36)32-24(16-19-18-31-23-11-7-5-8-20(19)23)26(35)34-14-12-29(13-15-34)17-25(33-39(3,37)38)21-9-4-6-10-22(21)29/h4-11,18,24-25,31,33H,12-17,30H2,1-3H3,(H,32,36)/t24?,25-/m1/s1. The summed E-state index contributed by atoms with van der Waals surface area (Å²) in [4.78, 5) is 31.8. The molecular weight excluding hydrogens is 514 g/mol. The van der Waals surface area contributed by atoms with Crippen LogP contribution in [0.2, 0.25) is 0 Å². The molecule has 2 aromatic carbocycles. The summed E-state index contributed by atoms with van der Waals surface area (Å²) in [5.74, 6) is -0.515. The molecule has 1 aromatic heterocycles. The lowest BCUT2D eigenvalue weighted by Gasteiger charge is -2.41. The quantitative estimate of drug-likeness (QED) is 0.358. The summed E-state index contributed by atoms with van der Waals surface area (Å²) in [6.07, 6.45) is 5.52. The molecule has 39 heavy (non-hydrogen) atoms. The van der Waals surface area contributed by atoms with E-state index in [2.05, 4.69) is 21.1 Å². The van der Waals surface area contributed by atoms with Crippen LogP contribution >= 0.6 is 0 Å². The van der Waals surface area contributed by atoms with E-state index in [1.807, 2.05) is 53.6 Å². The molecule has 2 atom stereocenters. The summed E-state index contributed by atoms with van der Waals surface area (Å²) >= 11 is 0. The maximum atomic E-state index is 13.9. The van der Waals surface area contributed by atoms with Crippen molar-refractivity contribution in [3.8, 4) is 0 Å². The van der Waals surface area contributed by atoms with Gasteiger partial charge in [0.25, 0.3) is 0 Å². The Labute approximate surface area is 229 Å². The average molecular weight is 552 g/mol. The number of nitrogens with zero attached hydrogens (tertiary/aromatic N) is 1. The first kappa shape index (κ1) is 27.4. The van der Waals surface area contributed by atoms with Crippen LogP contribution in [0.1, 0.15) is 55.8 Å². The van der Waals surface area contributed by atoms with Crippen LogP contribution in [-0.2, 0) is 31.4 Å². The molecule has 1 fully saturated rings. The fraction of sp³-hybridized carbons (Fsp3) is 0.448. The van der Waals surface area contributed by atoms with E-state index in [0.717, 1.165) is 27.6 Å². The van der Waals surface area contributed by atoms with E-state index in [1.54, 1.807) is 13.8 Å². The summed E-state index contributed by atoms with van der Waals surface area (Å²) in [5, 5.41) is 3.94. The van der Waals surface area contributed by atoms with E-state index in [0.29, 0.717) is 38.8 Å². The second kappa shape index (κ2) is 10.1. The Kier molecular flexibility index (Phi) is 7.07. The van der Waals surface area contributed by atoms with E-state index in [4.69, 9.17) is 5.73 Å². The zero-order chi connectivity index (χ0) is 28.0. The van der Waals surface area contributed by atoms with Crippen LogP contribution in [0.4, 0.5) is 0 Å². The molecule has 2 aliphatic rings. The van der Waals surface area contributed by atoms with E-state index in [9.17, 15) is 18.0 Å². The SMILES string of the molecule is CC(C)(N)C(=O)NC(Cc1c[nH]c2ccccc12)C(=O)N1CCC2(CC1)C[C@@H](NS(C)(=O)=O)c1ccccc12. The molecule has 10 heteroatoms. The van der Waals surface area contributed by atoms with Crippen molar-refractivity contribution in [3.63, 3.8) is 0 Å². The molecule has 0 bridgehead atoms. The summed E-state index contributed by atoms with van der Waals surface area (Å²) in [5.41, 5.74) is 8.82. The number of sulfonamides is 1. The molecular formula is C29H37N5O4S. The lowest BCUT2D eigenvalue weighted by atomic mass is 9.73.